The lowest BCUT2D eigenvalue weighted by Gasteiger charge is -1.95. The maximum absolute atomic E-state index is 11.0. The van der Waals surface area contributed by atoms with E-state index in [9.17, 15) is 4.79 Å². The maximum atomic E-state index is 11.0. The van der Waals surface area contributed by atoms with Crippen LogP contribution in [0.2, 0.25) is 0 Å². The highest BCUT2D eigenvalue weighted by atomic mass is 16.5. The second kappa shape index (κ2) is 4.45. The molecule has 1 rings (SSSR count). The fourth-order valence-corrected chi connectivity index (χ4v) is 0.941. The Labute approximate surface area is 82.2 Å². The average molecular weight is 195 g/mol. The van der Waals surface area contributed by atoms with Crippen LogP contribution in [0.3, 0.4) is 0 Å². The van der Waals surface area contributed by atoms with Crippen molar-refractivity contribution in [1.29, 1.82) is 0 Å². The van der Waals surface area contributed by atoms with E-state index >= 15 is 0 Å². The molecule has 0 saturated heterocycles. The van der Waals surface area contributed by atoms with E-state index in [-0.39, 0.29) is 5.97 Å². The number of esters is 1. The molecular weight excluding hydrogens is 182 g/mol. The van der Waals surface area contributed by atoms with Crippen LogP contribution in [0.5, 0.6) is 0 Å². The Balaban J connectivity index is 2.69. The van der Waals surface area contributed by atoms with Crippen LogP contribution in [0.25, 0.3) is 6.08 Å². The molecule has 0 amide bonds. The number of ether oxygens (including phenoxy) is 1. The lowest BCUT2D eigenvalue weighted by Crippen LogP contribution is -2.00. The van der Waals surface area contributed by atoms with Crippen molar-refractivity contribution in [3.63, 3.8) is 0 Å². The number of aromatic nitrogens is 2. The molecule has 76 valence electrons. The molecule has 0 bridgehead atoms. The van der Waals surface area contributed by atoms with Crippen molar-refractivity contribution in [2.24, 2.45) is 7.05 Å². The van der Waals surface area contributed by atoms with Gasteiger partial charge in [-0.3, -0.25) is 4.68 Å². The molecule has 14 heavy (non-hydrogen) atoms. The Morgan fingerprint density at radius 3 is 3.00 bits per heavy atom. The molecule has 1 aromatic heterocycles. The molecule has 2 N–H and O–H groups in total. The molecular formula is C9H13N3O2. The third kappa shape index (κ3) is 2.35. The van der Waals surface area contributed by atoms with Crippen LogP contribution in [-0.4, -0.2) is 22.4 Å². The second-order valence-corrected chi connectivity index (χ2v) is 2.69. The largest absolute Gasteiger partial charge is 0.463 e. The number of hydrogen-bond acceptors (Lipinski definition) is 4. The number of nitrogens with zero attached hydrogens (tertiary/aromatic N) is 2. The van der Waals surface area contributed by atoms with Gasteiger partial charge in [-0.05, 0) is 13.0 Å². The van der Waals surface area contributed by atoms with Crippen molar-refractivity contribution >= 4 is 17.9 Å². The third-order valence-electron chi connectivity index (χ3n) is 1.70. The molecule has 0 aromatic carbocycles. The highest BCUT2D eigenvalue weighted by molar-refractivity contribution is 5.87. The zero-order chi connectivity index (χ0) is 10.6. The Bertz CT molecular complexity index is 355. The smallest absolute Gasteiger partial charge is 0.330 e. The first-order valence-corrected chi connectivity index (χ1v) is 4.27. The minimum atomic E-state index is -0.379. The summed E-state index contributed by atoms with van der Waals surface area (Å²) in [7, 11) is 1.73. The first-order chi connectivity index (χ1) is 6.65. The Morgan fingerprint density at radius 2 is 2.50 bits per heavy atom. The summed E-state index contributed by atoms with van der Waals surface area (Å²) < 4.78 is 6.25. The van der Waals surface area contributed by atoms with Gasteiger partial charge < -0.3 is 10.5 Å². The molecule has 0 radical (unpaired) electrons. The summed E-state index contributed by atoms with van der Waals surface area (Å²) in [5, 5.41) is 3.93. The van der Waals surface area contributed by atoms with Crippen LogP contribution < -0.4 is 5.73 Å². The number of hydrogen-bond donors (Lipinski definition) is 1. The first-order valence-electron chi connectivity index (χ1n) is 4.27. The van der Waals surface area contributed by atoms with Gasteiger partial charge in [0.25, 0.3) is 0 Å². The summed E-state index contributed by atoms with van der Waals surface area (Å²) in [4.78, 5) is 11.0. The SMILES string of the molecule is CCOC(=O)C=Cc1cnn(C)c1N. The van der Waals surface area contributed by atoms with Gasteiger partial charge in [0, 0.05) is 18.7 Å². The molecule has 5 nitrogen and oxygen atoms in total. The van der Waals surface area contributed by atoms with E-state index in [1.54, 1.807) is 26.2 Å². The zero-order valence-electron chi connectivity index (χ0n) is 8.23. The van der Waals surface area contributed by atoms with Crippen molar-refractivity contribution in [2.45, 2.75) is 6.92 Å². The Morgan fingerprint density at radius 1 is 1.79 bits per heavy atom. The quantitative estimate of drug-likeness (QED) is 0.565. The van der Waals surface area contributed by atoms with E-state index < -0.39 is 0 Å². The lowest BCUT2D eigenvalue weighted by molar-refractivity contribution is -0.137. The van der Waals surface area contributed by atoms with Crippen LogP contribution in [0, 0.1) is 0 Å². The minimum absolute atomic E-state index is 0.367. The number of carbonyl (C=O) groups excluding carboxylic acids is 1. The van der Waals surface area contributed by atoms with Crippen molar-refractivity contribution in [1.82, 2.24) is 9.78 Å². The topological polar surface area (TPSA) is 70.1 Å². The van der Waals surface area contributed by atoms with Crippen molar-refractivity contribution < 1.29 is 9.53 Å². The second-order valence-electron chi connectivity index (χ2n) is 2.69. The molecule has 0 spiro atoms. The average Bonchev–Trinajstić information content (AvgIpc) is 2.46. The molecule has 0 aliphatic rings. The van der Waals surface area contributed by atoms with Gasteiger partial charge in [0.05, 0.1) is 12.8 Å². The molecule has 5 heteroatoms. The van der Waals surface area contributed by atoms with E-state index in [1.165, 1.54) is 10.8 Å². The molecule has 0 atom stereocenters. The Hall–Kier alpha value is -1.78. The van der Waals surface area contributed by atoms with Gasteiger partial charge in [0.15, 0.2) is 0 Å². The van der Waals surface area contributed by atoms with Crippen LogP contribution in [0.15, 0.2) is 12.3 Å². The van der Waals surface area contributed by atoms with E-state index in [1.807, 2.05) is 0 Å². The van der Waals surface area contributed by atoms with Gasteiger partial charge in [-0.2, -0.15) is 5.10 Å². The molecule has 1 aromatic rings. The molecule has 0 unspecified atom stereocenters. The molecule has 0 saturated carbocycles. The van der Waals surface area contributed by atoms with Crippen LogP contribution in [0.4, 0.5) is 5.82 Å². The van der Waals surface area contributed by atoms with Gasteiger partial charge >= 0.3 is 5.97 Å². The monoisotopic (exact) mass is 195 g/mol. The summed E-state index contributed by atoms with van der Waals surface area (Å²) in [5.74, 6) is 0.140. The standard InChI is InChI=1S/C9H13N3O2/c1-3-14-8(13)5-4-7-6-11-12(2)9(7)10/h4-6H,3,10H2,1-2H3. The van der Waals surface area contributed by atoms with Gasteiger partial charge in [-0.15, -0.1) is 0 Å². The number of aryl methyl sites for hydroxylation is 1. The normalized spacial score (nSPS) is 10.7. The van der Waals surface area contributed by atoms with Crippen molar-refractivity contribution in [3.8, 4) is 0 Å². The van der Waals surface area contributed by atoms with Crippen molar-refractivity contribution in [3.05, 3.63) is 17.8 Å². The van der Waals surface area contributed by atoms with E-state index in [2.05, 4.69) is 5.10 Å². The summed E-state index contributed by atoms with van der Waals surface area (Å²) in [6.07, 6.45) is 4.50. The number of nitrogen functional groups attached to an aromatic ring is 1. The molecule has 0 aliphatic carbocycles. The number of carbonyl (C=O) groups is 1. The van der Waals surface area contributed by atoms with Crippen LogP contribution in [-0.2, 0) is 16.6 Å². The number of anilines is 1. The van der Waals surface area contributed by atoms with E-state index in [0.29, 0.717) is 18.0 Å². The summed E-state index contributed by atoms with van der Waals surface area (Å²) >= 11 is 0. The van der Waals surface area contributed by atoms with Crippen LogP contribution in [0.1, 0.15) is 12.5 Å². The summed E-state index contributed by atoms with van der Waals surface area (Å²) in [6, 6.07) is 0. The highest BCUT2D eigenvalue weighted by Crippen LogP contribution is 2.10. The van der Waals surface area contributed by atoms with Gasteiger partial charge in [0.1, 0.15) is 5.82 Å². The first kappa shape index (κ1) is 10.3. The van der Waals surface area contributed by atoms with E-state index in [4.69, 9.17) is 10.5 Å². The van der Waals surface area contributed by atoms with Gasteiger partial charge in [-0.1, -0.05) is 0 Å². The Kier molecular flexibility index (Phi) is 3.28. The zero-order valence-corrected chi connectivity index (χ0v) is 8.23. The fraction of sp³-hybridized carbons (Fsp3) is 0.333. The van der Waals surface area contributed by atoms with Gasteiger partial charge in [-0.25, -0.2) is 4.79 Å². The van der Waals surface area contributed by atoms with Crippen molar-refractivity contribution in [2.75, 3.05) is 12.3 Å². The van der Waals surface area contributed by atoms with Gasteiger partial charge in [0.2, 0.25) is 0 Å². The van der Waals surface area contributed by atoms with E-state index in [0.717, 1.165) is 0 Å². The molecule has 1 heterocycles. The third-order valence-corrected chi connectivity index (χ3v) is 1.70. The number of nitrogens with two attached hydrogens (primary N) is 1. The summed E-state index contributed by atoms with van der Waals surface area (Å²) in [6.45, 7) is 2.12. The predicted molar refractivity (Wildman–Crippen MR) is 53.3 cm³/mol. The minimum Gasteiger partial charge on any atom is -0.463 e. The van der Waals surface area contributed by atoms with Crippen LogP contribution >= 0.6 is 0 Å². The fourth-order valence-electron chi connectivity index (χ4n) is 0.941. The maximum Gasteiger partial charge on any atom is 0.330 e. The molecule has 0 fully saturated rings. The number of rotatable bonds is 3. The summed E-state index contributed by atoms with van der Waals surface area (Å²) in [5.41, 5.74) is 6.37. The predicted octanol–water partition coefficient (Wildman–Crippen LogP) is 0.579. The molecule has 0 aliphatic heterocycles. The lowest BCUT2D eigenvalue weighted by atomic mass is 10.3. The highest BCUT2D eigenvalue weighted by Gasteiger charge is 2.01.